The van der Waals surface area contributed by atoms with Crippen molar-refractivity contribution in [2.75, 3.05) is 42.6 Å². The number of ether oxygens (including phenoxy) is 1. The molecule has 2 atom stereocenters. The number of carbonyl (C=O) groups is 2. The highest BCUT2D eigenvalue weighted by atomic mass is 35.5. The van der Waals surface area contributed by atoms with E-state index in [0.717, 1.165) is 70.1 Å². The van der Waals surface area contributed by atoms with Gasteiger partial charge in [0.2, 0.25) is 5.71 Å². The van der Waals surface area contributed by atoms with E-state index >= 15 is 0 Å². The van der Waals surface area contributed by atoms with Crippen molar-refractivity contribution >= 4 is 79.5 Å². The molecule has 3 aliphatic heterocycles. The fourth-order valence-electron chi connectivity index (χ4n) is 9.39. The lowest BCUT2D eigenvalue weighted by Gasteiger charge is -2.44. The average Bonchev–Trinajstić information content (AvgIpc) is 3.20. The summed E-state index contributed by atoms with van der Waals surface area (Å²) in [6, 6.07) is 16.3. The van der Waals surface area contributed by atoms with Crippen LogP contribution in [0.4, 0.5) is 5.69 Å². The topological polar surface area (TPSA) is 194 Å². The molecule has 0 saturated heterocycles. The summed E-state index contributed by atoms with van der Waals surface area (Å²) in [5, 5.41) is 40.5. The van der Waals surface area contributed by atoms with E-state index < -0.39 is 50.8 Å². The minimum atomic E-state index is -4.45. The molecular formula is C41H35Cl2N2O11S2-3. The first-order chi connectivity index (χ1) is 27.9. The summed E-state index contributed by atoms with van der Waals surface area (Å²) in [6.07, 6.45) is 3.34. The molecule has 3 heterocycles. The number of carbonyl (C=O) groups excluding carboxylic acids is 2. The van der Waals surface area contributed by atoms with Crippen LogP contribution in [0.25, 0.3) is 10.8 Å². The van der Waals surface area contributed by atoms with Crippen LogP contribution >= 0.6 is 35.2 Å². The van der Waals surface area contributed by atoms with Gasteiger partial charge in [-0.05, 0) is 54.3 Å². The first-order valence-corrected chi connectivity index (χ1v) is 22.1. The minimum Gasteiger partial charge on any atom is -0.748 e. The first-order valence-electron chi connectivity index (χ1n) is 18.8. The second-order valence-electron chi connectivity index (χ2n) is 14.6. The van der Waals surface area contributed by atoms with E-state index in [9.17, 15) is 38.0 Å². The molecule has 0 bridgehead atoms. The molecule has 13 nitrogen and oxygen atoms in total. The van der Waals surface area contributed by atoms with Crippen molar-refractivity contribution in [3.63, 3.8) is 0 Å². The fourth-order valence-corrected chi connectivity index (χ4v) is 10.9. The molecule has 0 N–H and O–H groups in total. The van der Waals surface area contributed by atoms with Crippen molar-refractivity contribution in [3.8, 4) is 5.75 Å². The molecule has 4 aromatic carbocycles. The van der Waals surface area contributed by atoms with Gasteiger partial charge in [0.1, 0.15) is 24.6 Å². The van der Waals surface area contributed by atoms with Gasteiger partial charge in [0.05, 0.1) is 54.8 Å². The van der Waals surface area contributed by atoms with E-state index in [0.29, 0.717) is 67.0 Å². The van der Waals surface area contributed by atoms with E-state index in [2.05, 4.69) is 18.8 Å². The zero-order chi connectivity index (χ0) is 40.9. The Hall–Kier alpha value is -4.19. The lowest BCUT2D eigenvalue weighted by molar-refractivity contribution is -0.777. The SMILES string of the molecule is O=C([O-])c1cc(Cl)c(C(=O)[O-])c(C2c3c(c4c(c5ccccc35)N(CCCS(=O)(=O)[O-])CCC4)OC3=C4CCC[N+](CCCSOO[O-])=C4c4ccccc4C32)c1Cl. The normalized spacial score (nSPS) is 18.6. The zero-order valence-corrected chi connectivity index (χ0v) is 33.9. The maximum Gasteiger partial charge on any atom is 0.214 e. The molecule has 4 aliphatic rings. The fraction of sp³-hybridized carbons (Fsp3) is 0.341. The Balaban J connectivity index is 1.46. The van der Waals surface area contributed by atoms with Crippen LogP contribution in [-0.2, 0) is 25.9 Å². The average molecular weight is 867 g/mol. The second-order valence-corrected chi connectivity index (χ2v) is 17.7. The van der Waals surface area contributed by atoms with Crippen molar-refractivity contribution in [2.24, 2.45) is 0 Å². The molecule has 8 rings (SSSR count). The minimum absolute atomic E-state index is 0.0389. The van der Waals surface area contributed by atoms with Gasteiger partial charge in [-0.15, -0.1) is 0 Å². The van der Waals surface area contributed by atoms with Gasteiger partial charge in [-0.2, -0.15) is 4.33 Å². The summed E-state index contributed by atoms with van der Waals surface area (Å²) in [5.41, 5.74) is 4.80. The predicted octanol–water partition coefficient (Wildman–Crippen LogP) is 3.99. The molecule has 0 fully saturated rings. The van der Waals surface area contributed by atoms with Crippen LogP contribution in [0.3, 0.4) is 0 Å². The Bertz CT molecular complexity index is 2540. The van der Waals surface area contributed by atoms with Crippen molar-refractivity contribution in [1.29, 1.82) is 0 Å². The predicted molar refractivity (Wildman–Crippen MR) is 210 cm³/mol. The molecule has 0 aromatic heterocycles. The van der Waals surface area contributed by atoms with Gasteiger partial charge in [0.25, 0.3) is 0 Å². The molecule has 17 heteroatoms. The molecule has 4 aromatic rings. The number of carboxylic acids is 2. The van der Waals surface area contributed by atoms with E-state index in [1.807, 2.05) is 48.5 Å². The number of rotatable bonds is 13. The van der Waals surface area contributed by atoms with Crippen molar-refractivity contribution in [3.05, 3.63) is 115 Å². The van der Waals surface area contributed by atoms with Gasteiger partial charge in [0.15, 0.2) is 0 Å². The Morgan fingerprint density at radius 2 is 1.72 bits per heavy atom. The Morgan fingerprint density at radius 1 is 0.966 bits per heavy atom. The number of halogens is 2. The van der Waals surface area contributed by atoms with Gasteiger partial charge < -0.3 is 39.2 Å². The highest BCUT2D eigenvalue weighted by Crippen LogP contribution is 2.61. The Morgan fingerprint density at radius 3 is 2.47 bits per heavy atom. The third-order valence-corrected chi connectivity index (χ3v) is 13.5. The Labute approximate surface area is 348 Å². The van der Waals surface area contributed by atoms with Crippen LogP contribution < -0.4 is 25.1 Å². The summed E-state index contributed by atoms with van der Waals surface area (Å²) in [5.74, 6) is -3.96. The van der Waals surface area contributed by atoms with Crippen molar-refractivity contribution in [1.82, 2.24) is 0 Å². The number of hydrogen-bond donors (Lipinski definition) is 0. The number of aromatic carboxylic acids is 2. The van der Waals surface area contributed by atoms with Crippen LogP contribution in [0.15, 0.2) is 65.9 Å². The summed E-state index contributed by atoms with van der Waals surface area (Å²) >= 11 is 14.7. The summed E-state index contributed by atoms with van der Waals surface area (Å²) in [4.78, 5) is 27.9. The number of anilines is 1. The monoisotopic (exact) mass is 865 g/mol. The van der Waals surface area contributed by atoms with E-state index in [-0.39, 0.29) is 28.6 Å². The standard InChI is InChI=1S/C41H38Cl2N2O11S2/c42-29-21-28(40(46)47)35(43)34(32(29)41(48)49)33-30-22-9-1-3-11-24(22)36-26(13-5-15-44(36)17-7-19-57-56-55-50)38(30)54-39-27-14-6-16-45(18-8-20-58(51,52)53)37(27)25-12-4-2-10-23(25)31(33)39/h1-4,9-12,21,30,33H,5-8,13-20H2,(H3-,46,47,48,49,50,51,52,53)/p-3. The number of allylic oxidation sites excluding steroid dienone is 2. The molecule has 1 aliphatic carbocycles. The number of hydrogen-bond acceptors (Lipinski definition) is 13. The molecule has 304 valence electrons. The number of carboxylic acid groups (broad SMARTS) is 2. The zero-order valence-electron chi connectivity index (χ0n) is 30.8. The lowest BCUT2D eigenvalue weighted by Crippen LogP contribution is -2.40. The first kappa shape index (κ1) is 40.6. The second kappa shape index (κ2) is 16.5. The van der Waals surface area contributed by atoms with Crippen LogP contribution in [0, 0.1) is 0 Å². The lowest BCUT2D eigenvalue weighted by atomic mass is 9.65. The van der Waals surface area contributed by atoms with Crippen molar-refractivity contribution in [2.45, 2.75) is 50.4 Å². The van der Waals surface area contributed by atoms with Crippen LogP contribution in [0.2, 0.25) is 10.0 Å². The maximum atomic E-state index is 13.2. The number of nitrogens with zero attached hydrogens (tertiary/aromatic N) is 2. The van der Waals surface area contributed by atoms with Gasteiger partial charge in [-0.3, -0.25) is 5.04 Å². The summed E-state index contributed by atoms with van der Waals surface area (Å²) in [6.45, 7) is 2.21. The van der Waals surface area contributed by atoms with E-state index in [1.165, 1.54) is 0 Å². The molecule has 0 saturated carbocycles. The molecular weight excluding hydrogens is 831 g/mol. The van der Waals surface area contributed by atoms with Crippen LogP contribution in [0.5, 0.6) is 5.75 Å². The van der Waals surface area contributed by atoms with E-state index in [1.54, 1.807) is 0 Å². The van der Waals surface area contributed by atoms with Gasteiger partial charge >= 0.3 is 0 Å². The van der Waals surface area contributed by atoms with Gasteiger partial charge in [-0.1, -0.05) is 65.7 Å². The maximum absolute atomic E-state index is 13.2. The highest BCUT2D eigenvalue weighted by Gasteiger charge is 2.50. The molecule has 58 heavy (non-hydrogen) atoms. The van der Waals surface area contributed by atoms with Gasteiger partial charge in [-0.25, -0.2) is 13.0 Å². The van der Waals surface area contributed by atoms with Crippen LogP contribution in [0.1, 0.15) is 92.5 Å². The third kappa shape index (κ3) is 7.25. The quantitative estimate of drug-likeness (QED) is 0.0468. The third-order valence-electron chi connectivity index (χ3n) is 11.4. The highest BCUT2D eigenvalue weighted by molar-refractivity contribution is 7.94. The molecule has 0 spiro atoms. The largest absolute Gasteiger partial charge is 0.748 e. The summed E-state index contributed by atoms with van der Waals surface area (Å²) in [7, 11) is -4.45. The van der Waals surface area contributed by atoms with Crippen LogP contribution in [-0.4, -0.2) is 72.9 Å². The molecule has 2 unspecified atom stereocenters. The van der Waals surface area contributed by atoms with Gasteiger partial charge in [0, 0.05) is 83.0 Å². The van der Waals surface area contributed by atoms with Crippen molar-refractivity contribution < 1.29 is 56.7 Å². The van der Waals surface area contributed by atoms with E-state index in [4.69, 9.17) is 27.9 Å². The molecule has 0 amide bonds. The number of fused-ring (bicyclic) bond motifs is 11. The summed E-state index contributed by atoms with van der Waals surface area (Å²) < 4.78 is 48.9. The smallest absolute Gasteiger partial charge is 0.214 e. The molecule has 0 radical (unpaired) electrons. The number of benzene rings is 4. The Kier molecular flexibility index (Phi) is 11.5.